The van der Waals surface area contributed by atoms with Crippen molar-refractivity contribution in [3.63, 3.8) is 0 Å². The number of aromatic nitrogens is 2. The van der Waals surface area contributed by atoms with Crippen LogP contribution in [0.1, 0.15) is 40.3 Å². The first-order valence-electron chi connectivity index (χ1n) is 11.0. The molecule has 0 radical (unpaired) electrons. The van der Waals surface area contributed by atoms with Crippen LogP contribution >= 0.6 is 23.8 Å². The van der Waals surface area contributed by atoms with Gasteiger partial charge >= 0.3 is 0 Å². The number of thiocarbonyl (C=S) groups is 1. The number of rotatable bonds is 4. The Bertz CT molecular complexity index is 1320. The van der Waals surface area contributed by atoms with Gasteiger partial charge in [0.15, 0.2) is 5.11 Å². The molecule has 0 spiro atoms. The molecule has 0 amide bonds. The molecule has 6 heteroatoms. The van der Waals surface area contributed by atoms with E-state index in [1.165, 1.54) is 22.5 Å². The Morgan fingerprint density at radius 1 is 0.879 bits per heavy atom. The fourth-order valence-corrected chi connectivity index (χ4v) is 5.49. The number of hydrogen-bond donors (Lipinski definition) is 1. The zero-order valence-corrected chi connectivity index (χ0v) is 20.4. The summed E-state index contributed by atoms with van der Waals surface area (Å²) in [6, 6.07) is 24.2. The second kappa shape index (κ2) is 8.65. The minimum absolute atomic E-state index is 0.0473. The first-order chi connectivity index (χ1) is 16.0. The van der Waals surface area contributed by atoms with Crippen LogP contribution in [0.15, 0.2) is 79.0 Å². The molecule has 1 aliphatic heterocycles. The smallest absolute Gasteiger partial charge is 0.174 e. The molecule has 2 aromatic carbocycles. The van der Waals surface area contributed by atoms with E-state index in [4.69, 9.17) is 23.8 Å². The van der Waals surface area contributed by atoms with Crippen LogP contribution in [0.5, 0.6) is 0 Å². The molecule has 33 heavy (non-hydrogen) atoms. The maximum atomic E-state index is 6.34. The normalized spacial score (nSPS) is 17.9. The van der Waals surface area contributed by atoms with Gasteiger partial charge in [-0.25, -0.2) is 0 Å². The molecule has 4 aromatic rings. The van der Waals surface area contributed by atoms with Gasteiger partial charge in [0.1, 0.15) is 0 Å². The fourth-order valence-electron chi connectivity index (χ4n) is 4.96. The van der Waals surface area contributed by atoms with Crippen LogP contribution in [0, 0.1) is 20.8 Å². The Morgan fingerprint density at radius 3 is 2.30 bits per heavy atom. The average molecular weight is 473 g/mol. The van der Waals surface area contributed by atoms with Crippen LogP contribution in [0.3, 0.4) is 0 Å². The quantitative estimate of drug-likeness (QED) is 0.338. The Kier molecular flexibility index (Phi) is 5.69. The van der Waals surface area contributed by atoms with E-state index < -0.39 is 0 Å². The van der Waals surface area contributed by atoms with Gasteiger partial charge in [0.05, 0.1) is 17.8 Å². The summed E-state index contributed by atoms with van der Waals surface area (Å²) in [4.78, 5) is 6.91. The van der Waals surface area contributed by atoms with Gasteiger partial charge in [0.25, 0.3) is 0 Å². The predicted octanol–water partition coefficient (Wildman–Crippen LogP) is 6.63. The highest BCUT2D eigenvalue weighted by Gasteiger charge is 2.43. The minimum atomic E-state index is -0.0779. The van der Waals surface area contributed by atoms with Gasteiger partial charge < -0.3 is 14.8 Å². The lowest BCUT2D eigenvalue weighted by Crippen LogP contribution is -2.29. The van der Waals surface area contributed by atoms with Crippen molar-refractivity contribution in [1.29, 1.82) is 0 Å². The fraction of sp³-hybridized carbons (Fsp3) is 0.185. The summed E-state index contributed by atoms with van der Waals surface area (Å²) in [6.45, 7) is 6.53. The van der Waals surface area contributed by atoms with Crippen LogP contribution < -0.4 is 10.2 Å². The third kappa shape index (κ3) is 3.71. The van der Waals surface area contributed by atoms with Crippen molar-refractivity contribution < 1.29 is 0 Å². The topological polar surface area (TPSA) is 33.1 Å². The number of halogens is 1. The summed E-state index contributed by atoms with van der Waals surface area (Å²) < 4.78 is 2.29. The number of hydrogen-bond acceptors (Lipinski definition) is 2. The Hall–Kier alpha value is -3.15. The lowest BCUT2D eigenvalue weighted by Gasteiger charge is -2.29. The highest BCUT2D eigenvalue weighted by atomic mass is 35.5. The lowest BCUT2D eigenvalue weighted by molar-refractivity contribution is 0.563. The SMILES string of the molecule is Cc1c(C2C(c3ccccn3)NC(=S)N2c2ccccc2)c(C)n(-c2cccc(Cl)c2)c1C. The third-order valence-corrected chi connectivity index (χ3v) is 7.05. The molecule has 3 heterocycles. The van der Waals surface area contributed by atoms with E-state index in [0.717, 1.165) is 22.1 Å². The standard InChI is InChI=1S/C27H25ClN4S/c1-17-18(2)31(22-13-9-10-20(28)16-22)19(3)24(17)26-25(23-14-7-8-15-29-23)30-27(33)32(26)21-11-5-4-6-12-21/h4-16,25-26H,1-3H3,(H,30,33). The van der Waals surface area contributed by atoms with Gasteiger partial charge in [-0.3, -0.25) is 4.98 Å². The van der Waals surface area contributed by atoms with Crippen molar-refractivity contribution in [2.24, 2.45) is 0 Å². The molecule has 1 N–H and O–H groups in total. The van der Waals surface area contributed by atoms with Gasteiger partial charge in [-0.15, -0.1) is 0 Å². The number of nitrogens with zero attached hydrogens (tertiary/aromatic N) is 3. The summed E-state index contributed by atoms with van der Waals surface area (Å²) in [5.41, 5.74) is 7.94. The van der Waals surface area contributed by atoms with Gasteiger partial charge in [-0.05, 0) is 81.0 Å². The number of benzene rings is 2. The van der Waals surface area contributed by atoms with Crippen LogP contribution in [-0.4, -0.2) is 14.7 Å². The highest BCUT2D eigenvalue weighted by molar-refractivity contribution is 7.80. The van der Waals surface area contributed by atoms with Crippen molar-refractivity contribution in [2.45, 2.75) is 32.9 Å². The molecule has 2 atom stereocenters. The largest absolute Gasteiger partial charge is 0.351 e. The van der Waals surface area contributed by atoms with E-state index in [0.29, 0.717) is 5.11 Å². The molecule has 4 nitrogen and oxygen atoms in total. The van der Waals surface area contributed by atoms with E-state index in [2.05, 4.69) is 64.8 Å². The monoisotopic (exact) mass is 472 g/mol. The molecule has 166 valence electrons. The maximum Gasteiger partial charge on any atom is 0.174 e. The van der Waals surface area contributed by atoms with E-state index in [1.807, 2.05) is 54.7 Å². The average Bonchev–Trinajstić information content (AvgIpc) is 3.27. The molecule has 0 bridgehead atoms. The summed E-state index contributed by atoms with van der Waals surface area (Å²) in [5.74, 6) is 0. The molecular weight excluding hydrogens is 448 g/mol. The van der Waals surface area contributed by atoms with Crippen molar-refractivity contribution >= 4 is 34.6 Å². The summed E-state index contributed by atoms with van der Waals surface area (Å²) in [6.07, 6.45) is 1.84. The third-order valence-electron chi connectivity index (χ3n) is 6.50. The van der Waals surface area contributed by atoms with Crippen molar-refractivity contribution in [2.75, 3.05) is 4.90 Å². The molecule has 2 aromatic heterocycles. The Morgan fingerprint density at radius 2 is 1.61 bits per heavy atom. The molecule has 1 fully saturated rings. The number of nitrogens with one attached hydrogen (secondary N) is 1. The first-order valence-corrected chi connectivity index (χ1v) is 11.8. The number of pyridine rings is 1. The number of para-hydroxylation sites is 1. The second-order valence-electron chi connectivity index (χ2n) is 8.36. The molecule has 1 saturated heterocycles. The number of anilines is 1. The summed E-state index contributed by atoms with van der Waals surface area (Å²) >= 11 is 12.2. The second-order valence-corrected chi connectivity index (χ2v) is 9.18. The van der Waals surface area contributed by atoms with E-state index in [9.17, 15) is 0 Å². The minimum Gasteiger partial charge on any atom is -0.351 e. The Balaban J connectivity index is 1.73. The van der Waals surface area contributed by atoms with Crippen molar-refractivity contribution in [3.05, 3.63) is 112 Å². The molecule has 5 rings (SSSR count). The van der Waals surface area contributed by atoms with Crippen LogP contribution in [0.4, 0.5) is 5.69 Å². The molecule has 0 saturated carbocycles. The van der Waals surface area contributed by atoms with E-state index in [1.54, 1.807) is 0 Å². The molecule has 2 unspecified atom stereocenters. The van der Waals surface area contributed by atoms with Crippen LogP contribution in [0.25, 0.3) is 5.69 Å². The first kappa shape index (κ1) is 21.7. The zero-order chi connectivity index (χ0) is 23.1. The molecule has 1 aliphatic rings. The Labute approximate surface area is 204 Å². The highest BCUT2D eigenvalue weighted by Crippen LogP contribution is 2.45. The van der Waals surface area contributed by atoms with Crippen LogP contribution in [0.2, 0.25) is 5.02 Å². The van der Waals surface area contributed by atoms with Crippen LogP contribution in [-0.2, 0) is 0 Å². The van der Waals surface area contributed by atoms with Gasteiger partial charge in [-0.2, -0.15) is 0 Å². The van der Waals surface area contributed by atoms with Gasteiger partial charge in [0.2, 0.25) is 0 Å². The van der Waals surface area contributed by atoms with Gasteiger partial charge in [0, 0.05) is 39.5 Å². The van der Waals surface area contributed by atoms with E-state index in [-0.39, 0.29) is 12.1 Å². The lowest BCUT2D eigenvalue weighted by atomic mass is 9.93. The summed E-state index contributed by atoms with van der Waals surface area (Å²) in [7, 11) is 0. The van der Waals surface area contributed by atoms with Gasteiger partial charge in [-0.1, -0.05) is 41.9 Å². The molecule has 0 aliphatic carbocycles. The predicted molar refractivity (Wildman–Crippen MR) is 139 cm³/mol. The zero-order valence-electron chi connectivity index (χ0n) is 18.8. The van der Waals surface area contributed by atoms with Crippen molar-refractivity contribution in [3.8, 4) is 5.69 Å². The van der Waals surface area contributed by atoms with Crippen molar-refractivity contribution in [1.82, 2.24) is 14.9 Å². The van der Waals surface area contributed by atoms with E-state index >= 15 is 0 Å². The molecular formula is C27H25ClN4S. The maximum absolute atomic E-state index is 6.34. The summed E-state index contributed by atoms with van der Waals surface area (Å²) in [5, 5.41) is 4.99.